The molecule has 0 aliphatic carbocycles. The molecule has 2 aliphatic rings. The Kier molecular flexibility index (Phi) is 2.61. The van der Waals surface area contributed by atoms with E-state index in [1.54, 1.807) is 0 Å². The highest BCUT2D eigenvalue weighted by Gasteiger charge is 2.33. The third-order valence-corrected chi connectivity index (χ3v) is 3.10. The van der Waals surface area contributed by atoms with Crippen molar-refractivity contribution in [3.63, 3.8) is 0 Å². The Morgan fingerprint density at radius 3 is 2.17 bits per heavy atom. The van der Waals surface area contributed by atoms with Crippen molar-refractivity contribution >= 4 is 0 Å². The number of hydrogen-bond donors (Lipinski definition) is 2. The SMILES string of the molecule is FC(C1CCNCC1)C1CNC1. The predicted molar refractivity (Wildman–Crippen MR) is 46.8 cm³/mol. The smallest absolute Gasteiger partial charge is 0.108 e. The average Bonchev–Trinajstić information content (AvgIpc) is 2.03. The lowest BCUT2D eigenvalue weighted by atomic mass is 9.83. The van der Waals surface area contributed by atoms with E-state index < -0.39 is 6.17 Å². The van der Waals surface area contributed by atoms with E-state index in [0.717, 1.165) is 39.0 Å². The minimum absolute atomic E-state index is 0.313. The molecule has 2 rings (SSSR count). The van der Waals surface area contributed by atoms with Gasteiger partial charge in [-0.3, -0.25) is 0 Å². The fraction of sp³-hybridized carbons (Fsp3) is 1.00. The van der Waals surface area contributed by atoms with Crippen molar-refractivity contribution in [2.45, 2.75) is 19.0 Å². The van der Waals surface area contributed by atoms with E-state index in [9.17, 15) is 4.39 Å². The van der Waals surface area contributed by atoms with Gasteiger partial charge in [-0.15, -0.1) is 0 Å². The van der Waals surface area contributed by atoms with Crippen LogP contribution in [0, 0.1) is 11.8 Å². The summed E-state index contributed by atoms with van der Waals surface area (Å²) in [6, 6.07) is 0. The van der Waals surface area contributed by atoms with E-state index in [1.165, 1.54) is 0 Å². The van der Waals surface area contributed by atoms with Crippen LogP contribution in [0.1, 0.15) is 12.8 Å². The van der Waals surface area contributed by atoms with Crippen LogP contribution in [0.4, 0.5) is 4.39 Å². The normalized spacial score (nSPS) is 29.8. The second-order valence-corrected chi connectivity index (χ2v) is 3.95. The molecule has 0 bridgehead atoms. The first kappa shape index (κ1) is 8.45. The minimum atomic E-state index is -0.548. The lowest BCUT2D eigenvalue weighted by Crippen LogP contribution is -2.50. The highest BCUT2D eigenvalue weighted by atomic mass is 19.1. The summed E-state index contributed by atoms with van der Waals surface area (Å²) in [4.78, 5) is 0. The van der Waals surface area contributed by atoms with Crippen molar-refractivity contribution in [3.05, 3.63) is 0 Å². The molecule has 12 heavy (non-hydrogen) atoms. The van der Waals surface area contributed by atoms with Crippen LogP contribution in [-0.4, -0.2) is 32.4 Å². The summed E-state index contributed by atoms with van der Waals surface area (Å²) in [5.74, 6) is 0.645. The quantitative estimate of drug-likeness (QED) is 0.635. The molecule has 1 atom stereocenters. The zero-order valence-corrected chi connectivity index (χ0v) is 7.35. The molecular formula is C9H17FN2. The summed E-state index contributed by atoms with van der Waals surface area (Å²) in [6.07, 6.45) is 1.50. The van der Waals surface area contributed by atoms with Crippen LogP contribution in [0.15, 0.2) is 0 Å². The van der Waals surface area contributed by atoms with Gasteiger partial charge in [-0.1, -0.05) is 0 Å². The lowest BCUT2D eigenvalue weighted by Gasteiger charge is -2.36. The van der Waals surface area contributed by atoms with Crippen LogP contribution in [-0.2, 0) is 0 Å². The van der Waals surface area contributed by atoms with Gasteiger partial charge < -0.3 is 10.6 Å². The molecule has 2 heterocycles. The topological polar surface area (TPSA) is 24.1 Å². The Bertz CT molecular complexity index is 141. The highest BCUT2D eigenvalue weighted by Crippen LogP contribution is 2.26. The fourth-order valence-corrected chi connectivity index (χ4v) is 2.08. The van der Waals surface area contributed by atoms with Crippen LogP contribution >= 0.6 is 0 Å². The molecule has 2 N–H and O–H groups in total. The van der Waals surface area contributed by atoms with Gasteiger partial charge >= 0.3 is 0 Å². The summed E-state index contributed by atoms with van der Waals surface area (Å²) >= 11 is 0. The minimum Gasteiger partial charge on any atom is -0.317 e. The average molecular weight is 172 g/mol. The summed E-state index contributed by atoms with van der Waals surface area (Å²) in [6.45, 7) is 3.80. The van der Waals surface area contributed by atoms with E-state index in [1.807, 2.05) is 0 Å². The van der Waals surface area contributed by atoms with E-state index in [-0.39, 0.29) is 0 Å². The summed E-state index contributed by atoms with van der Waals surface area (Å²) in [5.41, 5.74) is 0. The number of piperidine rings is 1. The van der Waals surface area contributed by atoms with Gasteiger partial charge in [0, 0.05) is 19.0 Å². The second-order valence-electron chi connectivity index (χ2n) is 3.95. The maximum absolute atomic E-state index is 13.7. The van der Waals surface area contributed by atoms with Crippen LogP contribution in [0.2, 0.25) is 0 Å². The molecule has 3 heteroatoms. The molecule has 0 saturated carbocycles. The zero-order chi connectivity index (χ0) is 8.39. The first-order chi connectivity index (χ1) is 5.88. The van der Waals surface area contributed by atoms with Gasteiger partial charge in [-0.05, 0) is 31.8 Å². The van der Waals surface area contributed by atoms with Crippen molar-refractivity contribution in [1.29, 1.82) is 0 Å². The molecule has 0 amide bonds. The molecule has 0 spiro atoms. The van der Waals surface area contributed by atoms with E-state index >= 15 is 0 Å². The largest absolute Gasteiger partial charge is 0.317 e. The maximum Gasteiger partial charge on any atom is 0.108 e. The number of nitrogens with one attached hydrogen (secondary N) is 2. The third-order valence-electron chi connectivity index (χ3n) is 3.10. The maximum atomic E-state index is 13.7. The Morgan fingerprint density at radius 2 is 1.67 bits per heavy atom. The second kappa shape index (κ2) is 3.71. The van der Waals surface area contributed by atoms with Crippen molar-refractivity contribution in [3.8, 4) is 0 Å². The van der Waals surface area contributed by atoms with Gasteiger partial charge in [0.05, 0.1) is 0 Å². The lowest BCUT2D eigenvalue weighted by molar-refractivity contribution is 0.0915. The third kappa shape index (κ3) is 1.62. The van der Waals surface area contributed by atoms with Crippen molar-refractivity contribution in [2.75, 3.05) is 26.2 Å². The molecule has 2 aliphatic heterocycles. The highest BCUT2D eigenvalue weighted by molar-refractivity contribution is 4.87. The summed E-state index contributed by atoms with van der Waals surface area (Å²) in [5, 5.41) is 6.39. The van der Waals surface area contributed by atoms with Crippen LogP contribution in [0.5, 0.6) is 0 Å². The molecule has 2 saturated heterocycles. The number of halogens is 1. The molecule has 1 unspecified atom stereocenters. The predicted octanol–water partition coefficient (Wildman–Crippen LogP) is 0.543. The standard InChI is InChI=1S/C9H17FN2/c10-9(8-5-12-6-8)7-1-3-11-4-2-7/h7-9,11-12H,1-6H2. The molecule has 0 aromatic heterocycles. The first-order valence-corrected chi connectivity index (χ1v) is 4.93. The molecule has 2 nitrogen and oxygen atoms in total. The molecule has 0 radical (unpaired) electrons. The molecule has 2 fully saturated rings. The zero-order valence-electron chi connectivity index (χ0n) is 7.35. The van der Waals surface area contributed by atoms with Crippen molar-refractivity contribution in [1.82, 2.24) is 10.6 Å². The van der Waals surface area contributed by atoms with Crippen LogP contribution < -0.4 is 10.6 Å². The monoisotopic (exact) mass is 172 g/mol. The number of hydrogen-bond acceptors (Lipinski definition) is 2. The Balaban J connectivity index is 1.80. The van der Waals surface area contributed by atoms with Gasteiger partial charge in [-0.2, -0.15) is 0 Å². The first-order valence-electron chi connectivity index (χ1n) is 4.93. The van der Waals surface area contributed by atoms with E-state index in [2.05, 4.69) is 10.6 Å². The van der Waals surface area contributed by atoms with Crippen LogP contribution in [0.3, 0.4) is 0 Å². The number of rotatable bonds is 2. The summed E-state index contributed by atoms with van der Waals surface area (Å²) < 4.78 is 13.7. The fourth-order valence-electron chi connectivity index (χ4n) is 2.08. The Morgan fingerprint density at radius 1 is 1.00 bits per heavy atom. The van der Waals surface area contributed by atoms with Gasteiger partial charge in [0.1, 0.15) is 6.17 Å². The van der Waals surface area contributed by atoms with E-state index in [4.69, 9.17) is 0 Å². The Hall–Kier alpha value is -0.150. The molecular weight excluding hydrogens is 155 g/mol. The Labute approximate surface area is 72.9 Å². The molecule has 70 valence electrons. The van der Waals surface area contributed by atoms with Gasteiger partial charge in [0.25, 0.3) is 0 Å². The number of alkyl halides is 1. The molecule has 0 aromatic rings. The van der Waals surface area contributed by atoms with Crippen LogP contribution in [0.25, 0.3) is 0 Å². The van der Waals surface area contributed by atoms with Gasteiger partial charge in [0.15, 0.2) is 0 Å². The summed E-state index contributed by atoms with van der Waals surface area (Å²) in [7, 11) is 0. The van der Waals surface area contributed by atoms with Crippen molar-refractivity contribution < 1.29 is 4.39 Å². The van der Waals surface area contributed by atoms with Crippen molar-refractivity contribution in [2.24, 2.45) is 11.8 Å². The van der Waals surface area contributed by atoms with E-state index in [0.29, 0.717) is 11.8 Å². The van der Waals surface area contributed by atoms with Gasteiger partial charge in [0.2, 0.25) is 0 Å². The molecule has 0 aromatic carbocycles. The van der Waals surface area contributed by atoms with Gasteiger partial charge in [-0.25, -0.2) is 4.39 Å².